The van der Waals surface area contributed by atoms with Crippen molar-refractivity contribution in [2.24, 2.45) is 0 Å². The van der Waals surface area contributed by atoms with Crippen molar-refractivity contribution in [3.63, 3.8) is 0 Å². The molecule has 0 aromatic heterocycles. The van der Waals surface area contributed by atoms with Crippen LogP contribution in [0.25, 0.3) is 0 Å². The molecule has 20 heavy (non-hydrogen) atoms. The van der Waals surface area contributed by atoms with Gasteiger partial charge in [0, 0.05) is 20.2 Å². The molecular formula is C13H17F3LiNO2-2. The molecule has 0 bridgehead atoms. The second-order valence-electron chi connectivity index (χ2n) is 4.07. The van der Waals surface area contributed by atoms with Crippen LogP contribution < -0.4 is 18.9 Å². The van der Waals surface area contributed by atoms with E-state index in [1.807, 2.05) is 4.90 Å². The van der Waals surface area contributed by atoms with Crippen molar-refractivity contribution < 1.29 is 41.6 Å². The van der Waals surface area contributed by atoms with Gasteiger partial charge in [0.1, 0.15) is 0 Å². The van der Waals surface area contributed by atoms with Crippen molar-refractivity contribution >= 4 is 6.29 Å². The van der Waals surface area contributed by atoms with Crippen molar-refractivity contribution in [3.05, 3.63) is 31.2 Å². The second-order valence-corrected chi connectivity index (χ2v) is 4.07. The molecule has 1 fully saturated rings. The van der Waals surface area contributed by atoms with Gasteiger partial charge < -0.3 is 17.0 Å². The molecule has 0 amide bonds. The van der Waals surface area contributed by atoms with E-state index in [2.05, 4.69) is 0 Å². The summed E-state index contributed by atoms with van der Waals surface area (Å²) in [5.41, 5.74) is -1.45. The predicted octanol–water partition coefficient (Wildman–Crippen LogP) is -0.881. The average Bonchev–Trinajstić information content (AvgIpc) is 2.22. The zero-order valence-electron chi connectivity index (χ0n) is 12.0. The molecule has 0 aromatic carbocycles. The van der Waals surface area contributed by atoms with Gasteiger partial charge in [-0.1, -0.05) is 0 Å². The van der Waals surface area contributed by atoms with E-state index in [1.54, 1.807) is 7.11 Å². The zero-order chi connectivity index (χ0) is 13.8. The van der Waals surface area contributed by atoms with Crippen LogP contribution in [0.4, 0.5) is 13.2 Å². The summed E-state index contributed by atoms with van der Waals surface area (Å²) in [5, 5.41) is 0. The van der Waals surface area contributed by atoms with Gasteiger partial charge in [-0.2, -0.15) is 19.2 Å². The summed E-state index contributed by atoms with van der Waals surface area (Å²) in [6.45, 7) is 7.17. The van der Waals surface area contributed by atoms with Gasteiger partial charge in [-0.15, -0.1) is 5.57 Å². The summed E-state index contributed by atoms with van der Waals surface area (Å²) < 4.78 is 42.6. The molecule has 0 spiro atoms. The molecule has 0 aromatic rings. The van der Waals surface area contributed by atoms with Crippen LogP contribution in [-0.2, 0) is 9.53 Å². The number of ether oxygens (including phenoxy) is 1. The minimum Gasteiger partial charge on any atom is -0.419 e. The van der Waals surface area contributed by atoms with E-state index in [9.17, 15) is 18.0 Å². The Morgan fingerprint density at radius 1 is 1.50 bits per heavy atom. The Balaban J connectivity index is 0. The van der Waals surface area contributed by atoms with Crippen LogP contribution in [0.1, 0.15) is 6.42 Å². The van der Waals surface area contributed by atoms with Crippen LogP contribution in [0, 0.1) is 14.0 Å². The van der Waals surface area contributed by atoms with Gasteiger partial charge in [0.2, 0.25) is 0 Å². The maximum Gasteiger partial charge on any atom is 1.00 e. The molecule has 110 valence electrons. The molecule has 7 heteroatoms. The van der Waals surface area contributed by atoms with E-state index in [0.717, 1.165) is 6.29 Å². The number of rotatable bonds is 6. The number of halogens is 3. The van der Waals surface area contributed by atoms with Gasteiger partial charge in [-0.3, -0.25) is 11.5 Å². The van der Waals surface area contributed by atoms with Gasteiger partial charge in [0.15, 0.2) is 0 Å². The monoisotopic (exact) mass is 283 g/mol. The van der Waals surface area contributed by atoms with Crippen molar-refractivity contribution in [3.8, 4) is 0 Å². The van der Waals surface area contributed by atoms with E-state index in [0.29, 0.717) is 25.7 Å². The fraction of sp³-hybridized carbons (Fsp3) is 0.538. The Morgan fingerprint density at radius 2 is 2.05 bits per heavy atom. The molecule has 0 aliphatic carbocycles. The normalized spacial score (nSPS) is 16.7. The molecule has 0 atom stereocenters. The number of methoxy groups -OCH3 is 1. The standard InChI is InChI=1S/C12H14F3NO2.CH3.Li/c1-9(11(4-6-17)12(13,14)15)3-5-16-7-10(8-16)18-2;;/h1,4,10H,3,5,7-8H2,2H3;1H3;/q-2;-1;+1/b11-4+;;. The second kappa shape index (κ2) is 9.40. The molecule has 0 saturated carbocycles. The van der Waals surface area contributed by atoms with E-state index in [4.69, 9.17) is 11.3 Å². The summed E-state index contributed by atoms with van der Waals surface area (Å²) in [4.78, 5) is 12.0. The third kappa shape index (κ3) is 6.27. The molecule has 0 unspecified atom stereocenters. The molecular weight excluding hydrogens is 266 g/mol. The van der Waals surface area contributed by atoms with Crippen LogP contribution in [0.3, 0.4) is 0 Å². The van der Waals surface area contributed by atoms with Gasteiger partial charge in [0.25, 0.3) is 0 Å². The summed E-state index contributed by atoms with van der Waals surface area (Å²) in [6, 6.07) is 0. The van der Waals surface area contributed by atoms with Crippen molar-refractivity contribution in [2.75, 3.05) is 26.7 Å². The molecule has 1 heterocycles. The van der Waals surface area contributed by atoms with Gasteiger partial charge in [-0.25, -0.2) is 5.57 Å². The Labute approximate surface area is 130 Å². The van der Waals surface area contributed by atoms with Crippen molar-refractivity contribution in [1.82, 2.24) is 4.90 Å². The molecule has 1 rings (SSSR count). The molecule has 1 saturated heterocycles. The summed E-state index contributed by atoms with van der Waals surface area (Å²) >= 11 is 0. The smallest absolute Gasteiger partial charge is 0.419 e. The number of hydrogen-bond acceptors (Lipinski definition) is 3. The van der Waals surface area contributed by atoms with Crippen LogP contribution >= 0.6 is 0 Å². The molecule has 0 radical (unpaired) electrons. The third-order valence-corrected chi connectivity index (χ3v) is 2.81. The first-order chi connectivity index (χ1) is 8.38. The third-order valence-electron chi connectivity index (χ3n) is 2.81. The van der Waals surface area contributed by atoms with Crippen LogP contribution in [0.2, 0.25) is 0 Å². The Kier molecular flexibility index (Phi) is 10.2. The van der Waals surface area contributed by atoms with Gasteiger partial charge >= 0.3 is 25.0 Å². The van der Waals surface area contributed by atoms with Crippen molar-refractivity contribution in [2.45, 2.75) is 18.7 Å². The van der Waals surface area contributed by atoms with Gasteiger partial charge in [0.05, 0.1) is 6.10 Å². The van der Waals surface area contributed by atoms with Gasteiger partial charge in [-0.05, 0) is 19.3 Å². The molecule has 3 nitrogen and oxygen atoms in total. The summed E-state index contributed by atoms with van der Waals surface area (Å²) in [5.74, 6) is 0. The number of alkyl halides is 3. The number of hydrogen-bond donors (Lipinski definition) is 0. The van der Waals surface area contributed by atoms with E-state index >= 15 is 0 Å². The Bertz CT molecular complexity index is 350. The quantitative estimate of drug-likeness (QED) is 0.274. The van der Waals surface area contributed by atoms with E-state index in [-0.39, 0.29) is 44.4 Å². The summed E-state index contributed by atoms with van der Waals surface area (Å²) in [6.07, 6.45) is -2.96. The summed E-state index contributed by atoms with van der Waals surface area (Å²) in [7, 11) is 1.59. The number of allylic oxidation sites excluding steroid dienone is 2. The maximum absolute atomic E-state index is 12.5. The number of likely N-dealkylation sites (tertiary alicyclic amines) is 1. The van der Waals surface area contributed by atoms with Crippen LogP contribution in [0.5, 0.6) is 0 Å². The SMILES string of the molecule is [CH-]=C(CCN1CC(OC)C1)/C(=C\[C-]=O)C(F)(F)F.[CH3-].[Li+]. The first-order valence-electron chi connectivity index (χ1n) is 5.40. The fourth-order valence-electron chi connectivity index (χ4n) is 1.68. The topological polar surface area (TPSA) is 29.5 Å². The molecule has 1 aliphatic heterocycles. The largest absolute Gasteiger partial charge is 1.00 e. The number of nitrogens with zero attached hydrogens (tertiary/aromatic N) is 1. The average molecular weight is 283 g/mol. The predicted molar refractivity (Wildman–Crippen MR) is 65.9 cm³/mol. The number of carbonyl (C=O) groups excluding carboxylic acids is 1. The molecule has 0 N–H and O–H groups in total. The molecule has 1 aliphatic rings. The maximum atomic E-state index is 12.5. The van der Waals surface area contributed by atoms with Crippen LogP contribution in [-0.4, -0.2) is 50.2 Å². The first-order valence-corrected chi connectivity index (χ1v) is 5.40. The van der Waals surface area contributed by atoms with E-state index < -0.39 is 11.7 Å². The Hall–Kier alpha value is -0.543. The van der Waals surface area contributed by atoms with Crippen molar-refractivity contribution in [1.29, 1.82) is 0 Å². The minimum atomic E-state index is -4.62. The minimum absolute atomic E-state index is 0. The fourth-order valence-corrected chi connectivity index (χ4v) is 1.68. The first kappa shape index (κ1) is 21.8. The van der Waals surface area contributed by atoms with E-state index in [1.165, 1.54) is 0 Å². The zero-order valence-corrected chi connectivity index (χ0v) is 12.0. The Morgan fingerprint density at radius 3 is 2.45 bits per heavy atom. The van der Waals surface area contributed by atoms with Crippen LogP contribution in [0.15, 0.2) is 17.2 Å².